The number of carbonyl (C=O) groups excluding carboxylic acids is 1. The molecule has 0 unspecified atom stereocenters. The molecule has 162 valence electrons. The molecule has 0 radical (unpaired) electrons. The average Bonchev–Trinajstić information content (AvgIpc) is 2.78. The topological polar surface area (TPSA) is 69.6 Å². The molecule has 1 saturated heterocycles. The van der Waals surface area contributed by atoms with Crippen molar-refractivity contribution in [1.82, 2.24) is 20.5 Å². The molecule has 1 aromatic heterocycles. The largest absolute Gasteiger partial charge is 0.357 e. The summed E-state index contributed by atoms with van der Waals surface area (Å²) < 4.78 is 0. The van der Waals surface area contributed by atoms with Gasteiger partial charge in [-0.2, -0.15) is 0 Å². The summed E-state index contributed by atoms with van der Waals surface area (Å²) in [7, 11) is 0. The molecule has 1 amide bonds. The van der Waals surface area contributed by atoms with Crippen LogP contribution in [0.4, 0.5) is 0 Å². The number of nitrogens with one attached hydrogen (secondary N) is 2. The van der Waals surface area contributed by atoms with E-state index in [1.165, 1.54) is 6.42 Å². The Kier molecular flexibility index (Phi) is 10.6. The number of aliphatic imine (C=N–C) groups is 1. The zero-order valence-electron chi connectivity index (χ0n) is 17.6. The first kappa shape index (κ1) is 24.1. The molecule has 0 saturated carbocycles. The van der Waals surface area contributed by atoms with Crippen LogP contribution in [0.25, 0.3) is 0 Å². The lowest BCUT2D eigenvalue weighted by molar-refractivity contribution is 0.0724. The number of rotatable bonds is 7. The van der Waals surface area contributed by atoms with E-state index in [0.29, 0.717) is 6.54 Å². The van der Waals surface area contributed by atoms with Crippen LogP contribution in [-0.2, 0) is 13.0 Å². The molecule has 2 N–H and O–H groups in total. The molecule has 0 aliphatic carbocycles. The highest BCUT2D eigenvalue weighted by Gasteiger charge is 2.17. The van der Waals surface area contributed by atoms with Gasteiger partial charge in [-0.3, -0.25) is 9.78 Å². The summed E-state index contributed by atoms with van der Waals surface area (Å²) in [6.07, 6.45) is 6.11. The lowest BCUT2D eigenvalue weighted by atomic mass is 10.1. The molecule has 2 aromatic rings. The second-order valence-electron chi connectivity index (χ2n) is 7.24. The van der Waals surface area contributed by atoms with Gasteiger partial charge < -0.3 is 15.5 Å². The van der Waals surface area contributed by atoms with Crippen molar-refractivity contribution in [1.29, 1.82) is 0 Å². The fourth-order valence-electron chi connectivity index (χ4n) is 3.40. The van der Waals surface area contributed by atoms with Crippen molar-refractivity contribution < 1.29 is 4.79 Å². The van der Waals surface area contributed by atoms with Gasteiger partial charge in [0.1, 0.15) is 0 Å². The Balaban J connectivity index is 0.00000320. The summed E-state index contributed by atoms with van der Waals surface area (Å²) in [5.41, 5.74) is 2.91. The number of nitrogens with zero attached hydrogens (tertiary/aromatic N) is 3. The first-order valence-electron chi connectivity index (χ1n) is 10.6. The van der Waals surface area contributed by atoms with Crippen molar-refractivity contribution >= 4 is 35.8 Å². The Morgan fingerprint density at radius 1 is 1.07 bits per heavy atom. The summed E-state index contributed by atoms with van der Waals surface area (Å²) in [6, 6.07) is 13.8. The minimum Gasteiger partial charge on any atom is -0.357 e. The van der Waals surface area contributed by atoms with E-state index in [2.05, 4.69) is 27.5 Å². The van der Waals surface area contributed by atoms with Crippen LogP contribution in [0.2, 0.25) is 0 Å². The van der Waals surface area contributed by atoms with E-state index in [1.54, 1.807) is 0 Å². The summed E-state index contributed by atoms with van der Waals surface area (Å²) in [4.78, 5) is 23.5. The van der Waals surface area contributed by atoms with E-state index < -0.39 is 0 Å². The predicted octanol–water partition coefficient (Wildman–Crippen LogP) is 3.62. The third kappa shape index (κ3) is 7.59. The summed E-state index contributed by atoms with van der Waals surface area (Å²) in [6.45, 7) is 5.95. The number of guanidine groups is 1. The fraction of sp³-hybridized carbons (Fsp3) is 0.435. The van der Waals surface area contributed by atoms with Gasteiger partial charge in [-0.25, -0.2) is 4.99 Å². The van der Waals surface area contributed by atoms with Crippen LogP contribution in [0, 0.1) is 0 Å². The Hall–Kier alpha value is -2.16. The zero-order chi connectivity index (χ0) is 20.3. The van der Waals surface area contributed by atoms with Gasteiger partial charge in [-0.15, -0.1) is 24.0 Å². The minimum absolute atomic E-state index is 0. The highest BCUT2D eigenvalue weighted by molar-refractivity contribution is 14.0. The molecule has 1 aromatic carbocycles. The number of carbonyl (C=O) groups is 1. The van der Waals surface area contributed by atoms with E-state index in [-0.39, 0.29) is 29.9 Å². The zero-order valence-corrected chi connectivity index (χ0v) is 20.0. The molecule has 7 heteroatoms. The first-order valence-corrected chi connectivity index (χ1v) is 10.6. The Bertz CT molecular complexity index is 789. The van der Waals surface area contributed by atoms with Crippen LogP contribution in [-0.4, -0.2) is 47.9 Å². The van der Waals surface area contributed by atoms with Crippen LogP contribution in [0.3, 0.4) is 0 Å². The number of hydrogen-bond donors (Lipinski definition) is 2. The SMILES string of the molecule is CCNC(=NCc1ccc(C(=O)N2CCCCC2)cc1)NCCc1ccccn1.I. The van der Waals surface area contributed by atoms with Gasteiger partial charge >= 0.3 is 0 Å². The molecule has 0 atom stereocenters. The number of pyridine rings is 1. The maximum atomic E-state index is 12.6. The van der Waals surface area contributed by atoms with E-state index in [0.717, 1.165) is 68.2 Å². The quantitative estimate of drug-likeness (QED) is 0.332. The highest BCUT2D eigenvalue weighted by Crippen LogP contribution is 2.14. The number of hydrogen-bond acceptors (Lipinski definition) is 3. The monoisotopic (exact) mass is 521 g/mol. The molecule has 6 nitrogen and oxygen atoms in total. The number of likely N-dealkylation sites (tertiary alicyclic amines) is 1. The van der Waals surface area contributed by atoms with E-state index in [4.69, 9.17) is 0 Å². The third-order valence-electron chi connectivity index (χ3n) is 5.01. The van der Waals surface area contributed by atoms with Gasteiger partial charge in [0.2, 0.25) is 0 Å². The third-order valence-corrected chi connectivity index (χ3v) is 5.01. The first-order chi connectivity index (χ1) is 14.3. The van der Waals surface area contributed by atoms with Crippen molar-refractivity contribution in [3.63, 3.8) is 0 Å². The van der Waals surface area contributed by atoms with Gasteiger partial charge in [-0.1, -0.05) is 18.2 Å². The Morgan fingerprint density at radius 2 is 1.83 bits per heavy atom. The predicted molar refractivity (Wildman–Crippen MR) is 132 cm³/mol. The summed E-state index contributed by atoms with van der Waals surface area (Å²) >= 11 is 0. The van der Waals surface area contributed by atoms with E-state index >= 15 is 0 Å². The molecule has 30 heavy (non-hydrogen) atoms. The van der Waals surface area contributed by atoms with Gasteiger partial charge in [0.05, 0.1) is 6.54 Å². The lowest BCUT2D eigenvalue weighted by Gasteiger charge is -2.26. The molecule has 0 bridgehead atoms. The van der Waals surface area contributed by atoms with Crippen molar-refractivity contribution in [3.8, 4) is 0 Å². The van der Waals surface area contributed by atoms with Crippen LogP contribution in [0.1, 0.15) is 47.8 Å². The highest BCUT2D eigenvalue weighted by atomic mass is 127. The number of halogens is 1. The molecule has 1 aliphatic rings. The Labute approximate surface area is 196 Å². The van der Waals surface area contributed by atoms with Crippen molar-refractivity contribution in [2.45, 2.75) is 39.2 Å². The smallest absolute Gasteiger partial charge is 0.253 e. The fourth-order valence-corrected chi connectivity index (χ4v) is 3.40. The second-order valence-corrected chi connectivity index (χ2v) is 7.24. The number of piperidine rings is 1. The molecule has 2 heterocycles. The van der Waals surface area contributed by atoms with E-state index in [9.17, 15) is 4.79 Å². The van der Waals surface area contributed by atoms with Crippen LogP contribution >= 0.6 is 24.0 Å². The van der Waals surface area contributed by atoms with Crippen LogP contribution < -0.4 is 10.6 Å². The molecular weight excluding hydrogens is 489 g/mol. The molecule has 3 rings (SSSR count). The molecule has 1 fully saturated rings. The summed E-state index contributed by atoms with van der Waals surface area (Å²) in [5, 5.41) is 6.62. The second kappa shape index (κ2) is 13.2. The summed E-state index contributed by atoms with van der Waals surface area (Å²) in [5.74, 6) is 0.932. The van der Waals surface area contributed by atoms with Crippen molar-refractivity contribution in [2.24, 2.45) is 4.99 Å². The van der Waals surface area contributed by atoms with Crippen molar-refractivity contribution in [2.75, 3.05) is 26.2 Å². The maximum absolute atomic E-state index is 12.6. The average molecular weight is 521 g/mol. The van der Waals surface area contributed by atoms with Crippen LogP contribution in [0.5, 0.6) is 0 Å². The standard InChI is InChI=1S/C23H31N5O.HI/c1-2-24-23(26-15-13-21-8-4-5-14-25-21)27-18-19-9-11-20(12-10-19)22(29)28-16-6-3-7-17-28;/h4-5,8-12,14H,2-3,6-7,13,15-18H2,1H3,(H2,24,26,27);1H. The number of amides is 1. The lowest BCUT2D eigenvalue weighted by Crippen LogP contribution is -2.38. The Morgan fingerprint density at radius 3 is 2.50 bits per heavy atom. The normalized spacial score (nSPS) is 14.0. The van der Waals surface area contributed by atoms with E-state index in [1.807, 2.05) is 53.6 Å². The molecular formula is C23H32IN5O. The van der Waals surface area contributed by atoms with Gasteiger partial charge in [0.25, 0.3) is 5.91 Å². The van der Waals surface area contributed by atoms with Gasteiger partial charge in [-0.05, 0) is 56.0 Å². The maximum Gasteiger partial charge on any atom is 0.253 e. The molecule has 1 aliphatic heterocycles. The van der Waals surface area contributed by atoms with Gasteiger partial charge in [0.15, 0.2) is 5.96 Å². The number of benzene rings is 1. The van der Waals surface area contributed by atoms with Crippen molar-refractivity contribution in [3.05, 3.63) is 65.5 Å². The van der Waals surface area contributed by atoms with Crippen LogP contribution in [0.15, 0.2) is 53.7 Å². The molecule has 0 spiro atoms. The number of aromatic nitrogens is 1. The van der Waals surface area contributed by atoms with Gasteiger partial charge in [0, 0.05) is 50.1 Å². The minimum atomic E-state index is 0.